The molecule has 262 valence electrons. The Labute approximate surface area is 326 Å². The van der Waals surface area contributed by atoms with Crippen molar-refractivity contribution in [2.45, 2.75) is 0 Å². The fourth-order valence-corrected chi connectivity index (χ4v) is 7.69. The number of hydrogen-bond acceptors (Lipinski definition) is 3. The molecule has 10 rings (SSSR count). The summed E-state index contributed by atoms with van der Waals surface area (Å²) in [7, 11) is 0. The Balaban J connectivity index is 0.999. The second kappa shape index (κ2) is 14.4. The van der Waals surface area contributed by atoms with Crippen molar-refractivity contribution in [3.8, 4) is 78.5 Å². The second-order valence-electron chi connectivity index (χ2n) is 14.0. The number of pyridine rings is 1. The average molecular weight is 714 g/mol. The van der Waals surface area contributed by atoms with Crippen LogP contribution in [0.4, 0.5) is 0 Å². The molecule has 3 nitrogen and oxygen atoms in total. The molecule has 2 aromatic heterocycles. The van der Waals surface area contributed by atoms with Crippen LogP contribution in [0.5, 0.6) is 0 Å². The Morgan fingerprint density at radius 2 is 0.696 bits per heavy atom. The highest BCUT2D eigenvalue weighted by molar-refractivity contribution is 6.17. The lowest BCUT2D eigenvalue weighted by Gasteiger charge is -2.15. The summed E-state index contributed by atoms with van der Waals surface area (Å²) in [4.78, 5) is 15.2. The van der Waals surface area contributed by atoms with E-state index in [0.29, 0.717) is 5.82 Å². The van der Waals surface area contributed by atoms with E-state index in [4.69, 9.17) is 15.0 Å². The molecule has 0 bridgehead atoms. The topological polar surface area (TPSA) is 38.7 Å². The van der Waals surface area contributed by atoms with Crippen LogP contribution in [0.15, 0.2) is 212 Å². The van der Waals surface area contributed by atoms with Crippen molar-refractivity contribution in [3.63, 3.8) is 0 Å². The first-order valence-corrected chi connectivity index (χ1v) is 18.9. The minimum Gasteiger partial charge on any atom is -0.248 e. The van der Waals surface area contributed by atoms with Crippen LogP contribution in [0.1, 0.15) is 0 Å². The Kier molecular flexibility index (Phi) is 8.51. The molecule has 0 aliphatic rings. The summed E-state index contributed by atoms with van der Waals surface area (Å²) in [5, 5.41) is 3.57. The predicted molar refractivity (Wildman–Crippen MR) is 233 cm³/mol. The highest BCUT2D eigenvalue weighted by atomic mass is 14.9. The molecule has 0 saturated heterocycles. The molecule has 56 heavy (non-hydrogen) atoms. The number of fused-ring (bicyclic) bond motifs is 3. The second-order valence-corrected chi connectivity index (χ2v) is 14.0. The van der Waals surface area contributed by atoms with E-state index in [1.54, 1.807) is 0 Å². The number of rotatable bonds is 7. The van der Waals surface area contributed by atoms with Crippen LogP contribution in [0.2, 0.25) is 0 Å². The Hall–Kier alpha value is -7.49. The fourth-order valence-electron chi connectivity index (χ4n) is 7.69. The molecule has 0 fully saturated rings. The summed E-state index contributed by atoms with van der Waals surface area (Å²) in [6, 6.07) is 74.5. The molecule has 0 atom stereocenters. The standard InChI is InChI=1S/C53H35N3/c1-5-14-38(15-6-1)47-34-49(40-16-7-2-8-17-40)54-48-33-32-45-44(22-13-23-46(45)52(47)48)39-28-24-36(25-29-39)37-26-30-43(31-27-37)53-55-50(41-18-9-3-10-19-41)35-51(56-53)42-20-11-4-12-21-42/h1-35H. The van der Waals surface area contributed by atoms with Crippen LogP contribution in [0.3, 0.4) is 0 Å². The lowest BCUT2D eigenvalue weighted by Crippen LogP contribution is -1.95. The van der Waals surface area contributed by atoms with Gasteiger partial charge in [-0.1, -0.05) is 194 Å². The van der Waals surface area contributed by atoms with Crippen LogP contribution in [-0.2, 0) is 0 Å². The number of aromatic nitrogens is 3. The summed E-state index contributed by atoms with van der Waals surface area (Å²) in [5.41, 5.74) is 15.0. The average Bonchev–Trinajstić information content (AvgIpc) is 3.29. The summed E-state index contributed by atoms with van der Waals surface area (Å²) < 4.78 is 0. The zero-order chi connectivity index (χ0) is 37.3. The van der Waals surface area contributed by atoms with E-state index in [9.17, 15) is 0 Å². The van der Waals surface area contributed by atoms with Gasteiger partial charge in [0, 0.05) is 27.6 Å². The lowest BCUT2D eigenvalue weighted by atomic mass is 9.91. The largest absolute Gasteiger partial charge is 0.248 e. The summed E-state index contributed by atoms with van der Waals surface area (Å²) >= 11 is 0. The normalized spacial score (nSPS) is 11.2. The molecule has 0 N–H and O–H groups in total. The van der Waals surface area contributed by atoms with Crippen molar-refractivity contribution in [2.24, 2.45) is 0 Å². The van der Waals surface area contributed by atoms with Gasteiger partial charge >= 0.3 is 0 Å². The zero-order valence-corrected chi connectivity index (χ0v) is 30.5. The van der Waals surface area contributed by atoms with Crippen LogP contribution >= 0.6 is 0 Å². The molecule has 0 aliphatic heterocycles. The van der Waals surface area contributed by atoms with Gasteiger partial charge in [-0.25, -0.2) is 15.0 Å². The van der Waals surface area contributed by atoms with Crippen LogP contribution in [-0.4, -0.2) is 15.0 Å². The van der Waals surface area contributed by atoms with E-state index in [0.717, 1.165) is 56.0 Å². The van der Waals surface area contributed by atoms with Crippen molar-refractivity contribution < 1.29 is 0 Å². The quantitative estimate of drug-likeness (QED) is 0.154. The van der Waals surface area contributed by atoms with Gasteiger partial charge in [-0.2, -0.15) is 0 Å². The molecule has 0 unspecified atom stereocenters. The molecule has 0 spiro atoms. The number of nitrogens with zero attached hydrogens (tertiary/aromatic N) is 3. The molecule has 10 aromatic rings. The van der Waals surface area contributed by atoms with Crippen molar-refractivity contribution in [1.29, 1.82) is 0 Å². The van der Waals surface area contributed by atoms with Gasteiger partial charge < -0.3 is 0 Å². The van der Waals surface area contributed by atoms with E-state index in [1.807, 2.05) is 42.5 Å². The smallest absolute Gasteiger partial charge is 0.160 e. The third kappa shape index (κ3) is 6.31. The third-order valence-electron chi connectivity index (χ3n) is 10.5. The molecule has 0 aliphatic carbocycles. The fraction of sp³-hybridized carbons (Fsp3) is 0. The SMILES string of the molecule is c1ccc(-c2cc(-c3ccccc3)nc(-c3ccc(-c4ccc(-c5cccc6c5ccc5nc(-c7ccccc7)cc(-c7ccccc7)c56)cc4)cc3)n2)cc1. The van der Waals surface area contributed by atoms with Gasteiger partial charge in [0.05, 0.1) is 22.6 Å². The van der Waals surface area contributed by atoms with Gasteiger partial charge in [-0.05, 0) is 62.4 Å². The van der Waals surface area contributed by atoms with Crippen molar-refractivity contribution >= 4 is 21.7 Å². The monoisotopic (exact) mass is 713 g/mol. The van der Waals surface area contributed by atoms with Crippen LogP contribution in [0, 0.1) is 0 Å². The summed E-state index contributed by atoms with van der Waals surface area (Å²) in [5.74, 6) is 0.706. The first-order chi connectivity index (χ1) is 27.7. The molecule has 8 aromatic carbocycles. The summed E-state index contributed by atoms with van der Waals surface area (Å²) in [6.07, 6.45) is 0. The van der Waals surface area contributed by atoms with E-state index < -0.39 is 0 Å². The number of hydrogen-bond donors (Lipinski definition) is 0. The molecular formula is C53H35N3. The van der Waals surface area contributed by atoms with Crippen LogP contribution < -0.4 is 0 Å². The van der Waals surface area contributed by atoms with Gasteiger partial charge in [-0.3, -0.25) is 0 Å². The van der Waals surface area contributed by atoms with E-state index in [1.165, 1.54) is 38.4 Å². The van der Waals surface area contributed by atoms with Gasteiger partial charge in [0.15, 0.2) is 5.82 Å². The third-order valence-corrected chi connectivity index (χ3v) is 10.5. The molecule has 0 amide bonds. The Morgan fingerprint density at radius 3 is 1.23 bits per heavy atom. The van der Waals surface area contributed by atoms with Gasteiger partial charge in [-0.15, -0.1) is 0 Å². The predicted octanol–water partition coefficient (Wildman–Crippen LogP) is 13.8. The minimum atomic E-state index is 0.706. The first kappa shape index (κ1) is 33.1. The molecule has 0 saturated carbocycles. The Bertz CT molecular complexity index is 2900. The maximum atomic E-state index is 5.18. The van der Waals surface area contributed by atoms with Crippen LogP contribution in [0.25, 0.3) is 100 Å². The number of benzene rings is 8. The minimum absolute atomic E-state index is 0.706. The molecule has 2 heterocycles. The van der Waals surface area contributed by atoms with Crippen molar-refractivity contribution in [3.05, 3.63) is 212 Å². The molecular weight excluding hydrogens is 679 g/mol. The zero-order valence-electron chi connectivity index (χ0n) is 30.5. The first-order valence-electron chi connectivity index (χ1n) is 18.9. The maximum Gasteiger partial charge on any atom is 0.160 e. The highest BCUT2D eigenvalue weighted by Crippen LogP contribution is 2.40. The van der Waals surface area contributed by atoms with Crippen molar-refractivity contribution in [2.75, 3.05) is 0 Å². The lowest BCUT2D eigenvalue weighted by molar-refractivity contribution is 1.18. The molecule has 3 heteroatoms. The van der Waals surface area contributed by atoms with Crippen molar-refractivity contribution in [1.82, 2.24) is 15.0 Å². The van der Waals surface area contributed by atoms with E-state index in [2.05, 4.69) is 170 Å². The van der Waals surface area contributed by atoms with Gasteiger partial charge in [0.25, 0.3) is 0 Å². The Morgan fingerprint density at radius 1 is 0.250 bits per heavy atom. The molecule has 0 radical (unpaired) electrons. The summed E-state index contributed by atoms with van der Waals surface area (Å²) in [6.45, 7) is 0. The van der Waals surface area contributed by atoms with E-state index in [-0.39, 0.29) is 0 Å². The van der Waals surface area contributed by atoms with Gasteiger partial charge in [0.1, 0.15) is 0 Å². The van der Waals surface area contributed by atoms with Gasteiger partial charge in [0.2, 0.25) is 0 Å². The van der Waals surface area contributed by atoms with E-state index >= 15 is 0 Å². The highest BCUT2D eigenvalue weighted by Gasteiger charge is 2.15. The maximum absolute atomic E-state index is 5.18.